The normalized spacial score (nSPS) is 10.5. The summed E-state index contributed by atoms with van der Waals surface area (Å²) in [6.07, 6.45) is 3.48. The molecule has 0 unspecified atom stereocenters. The first-order chi connectivity index (χ1) is 9.75. The lowest BCUT2D eigenvalue weighted by Gasteiger charge is -2.09. The van der Waals surface area contributed by atoms with Gasteiger partial charge in [-0.25, -0.2) is 15.0 Å². The summed E-state index contributed by atoms with van der Waals surface area (Å²) in [4.78, 5) is 13.3. The molecule has 3 aromatic rings. The minimum absolute atomic E-state index is 0.667. The quantitative estimate of drug-likeness (QED) is 0.704. The third-order valence-electron chi connectivity index (χ3n) is 3.30. The van der Waals surface area contributed by atoms with Gasteiger partial charge in [0.25, 0.3) is 0 Å². The van der Waals surface area contributed by atoms with Crippen molar-refractivity contribution in [3.8, 4) is 22.8 Å². The zero-order chi connectivity index (χ0) is 13.9. The Morgan fingerprint density at radius 1 is 0.750 bits per heavy atom. The molecule has 0 saturated heterocycles. The van der Waals surface area contributed by atoms with Gasteiger partial charge in [0.15, 0.2) is 5.82 Å². The van der Waals surface area contributed by atoms with Crippen LogP contribution in [0.4, 0.5) is 0 Å². The van der Waals surface area contributed by atoms with E-state index in [1.807, 2.05) is 31.2 Å². The molecule has 0 aliphatic heterocycles. The lowest BCUT2D eigenvalue weighted by molar-refractivity contribution is 1.12. The van der Waals surface area contributed by atoms with Crippen molar-refractivity contribution in [3.63, 3.8) is 0 Å². The molecule has 0 aliphatic carbocycles. The van der Waals surface area contributed by atoms with Crippen LogP contribution in [-0.4, -0.2) is 15.0 Å². The minimum Gasteiger partial charge on any atom is -0.244 e. The van der Waals surface area contributed by atoms with E-state index in [0.29, 0.717) is 5.82 Å². The lowest BCUT2D eigenvalue weighted by atomic mass is 10.0. The summed E-state index contributed by atoms with van der Waals surface area (Å²) < 4.78 is 0. The molecule has 0 atom stereocenters. The molecule has 0 bridgehead atoms. The predicted octanol–water partition coefficient (Wildman–Crippen LogP) is 3.82. The van der Waals surface area contributed by atoms with E-state index in [4.69, 9.17) is 4.98 Å². The molecule has 2 heterocycles. The number of benzene rings is 1. The topological polar surface area (TPSA) is 38.7 Å². The van der Waals surface area contributed by atoms with E-state index in [2.05, 4.69) is 35.1 Å². The molecule has 0 radical (unpaired) electrons. The Morgan fingerprint density at radius 2 is 1.50 bits per heavy atom. The van der Waals surface area contributed by atoms with Crippen LogP contribution in [0.25, 0.3) is 22.8 Å². The number of pyridine rings is 1. The Balaban J connectivity index is 2.15. The molecule has 0 aliphatic rings. The van der Waals surface area contributed by atoms with Crippen LogP contribution in [0.2, 0.25) is 0 Å². The molecule has 20 heavy (non-hydrogen) atoms. The molecule has 3 rings (SSSR count). The molecular weight excluding hydrogens is 246 g/mol. The summed E-state index contributed by atoms with van der Waals surface area (Å²) in [5.74, 6) is 0.667. The van der Waals surface area contributed by atoms with Gasteiger partial charge >= 0.3 is 0 Å². The van der Waals surface area contributed by atoms with Gasteiger partial charge in [0.1, 0.15) is 5.69 Å². The van der Waals surface area contributed by atoms with Crippen LogP contribution >= 0.6 is 0 Å². The Hall–Kier alpha value is -2.55. The van der Waals surface area contributed by atoms with E-state index in [9.17, 15) is 0 Å². The van der Waals surface area contributed by atoms with Gasteiger partial charge < -0.3 is 0 Å². The summed E-state index contributed by atoms with van der Waals surface area (Å²) in [5, 5.41) is 0. The molecule has 0 amide bonds. The van der Waals surface area contributed by atoms with Gasteiger partial charge in [-0.3, -0.25) is 0 Å². The average Bonchev–Trinajstić information content (AvgIpc) is 2.49. The van der Waals surface area contributed by atoms with Crippen molar-refractivity contribution in [3.05, 3.63) is 66.0 Å². The highest BCUT2D eigenvalue weighted by Gasteiger charge is 2.09. The molecule has 98 valence electrons. The van der Waals surface area contributed by atoms with E-state index in [1.165, 1.54) is 5.56 Å². The second-order valence-electron chi connectivity index (χ2n) is 4.75. The van der Waals surface area contributed by atoms with Crippen LogP contribution in [0.5, 0.6) is 0 Å². The van der Waals surface area contributed by atoms with Crippen molar-refractivity contribution in [2.75, 3.05) is 0 Å². The summed E-state index contributed by atoms with van der Waals surface area (Å²) >= 11 is 0. The Kier molecular flexibility index (Phi) is 3.25. The van der Waals surface area contributed by atoms with Gasteiger partial charge in [-0.1, -0.05) is 30.3 Å². The first-order valence-corrected chi connectivity index (χ1v) is 6.57. The van der Waals surface area contributed by atoms with Gasteiger partial charge in [0.2, 0.25) is 0 Å². The SMILES string of the molecule is Cc1ccccc1-c1ccc(C)c(-c2ncccn2)n1. The fourth-order valence-electron chi connectivity index (χ4n) is 2.19. The molecule has 0 saturated carbocycles. The van der Waals surface area contributed by atoms with Crippen LogP contribution in [0.1, 0.15) is 11.1 Å². The fraction of sp³-hybridized carbons (Fsp3) is 0.118. The second-order valence-corrected chi connectivity index (χ2v) is 4.75. The number of nitrogens with zero attached hydrogens (tertiary/aromatic N) is 3. The molecule has 3 nitrogen and oxygen atoms in total. The van der Waals surface area contributed by atoms with Crippen LogP contribution in [0.15, 0.2) is 54.9 Å². The molecule has 3 heteroatoms. The molecule has 1 aromatic carbocycles. The average molecular weight is 261 g/mol. The first kappa shape index (κ1) is 12.5. The Morgan fingerprint density at radius 3 is 2.25 bits per heavy atom. The largest absolute Gasteiger partial charge is 0.244 e. The van der Waals surface area contributed by atoms with E-state index >= 15 is 0 Å². The number of rotatable bonds is 2. The van der Waals surface area contributed by atoms with Crippen LogP contribution in [0.3, 0.4) is 0 Å². The maximum absolute atomic E-state index is 4.75. The van der Waals surface area contributed by atoms with E-state index in [0.717, 1.165) is 22.5 Å². The molecule has 0 fully saturated rings. The highest BCUT2D eigenvalue weighted by Crippen LogP contribution is 2.25. The number of aromatic nitrogens is 3. The zero-order valence-electron chi connectivity index (χ0n) is 11.5. The van der Waals surface area contributed by atoms with Crippen molar-refractivity contribution >= 4 is 0 Å². The monoisotopic (exact) mass is 261 g/mol. The predicted molar refractivity (Wildman–Crippen MR) is 80.2 cm³/mol. The van der Waals surface area contributed by atoms with Crippen molar-refractivity contribution in [1.82, 2.24) is 15.0 Å². The van der Waals surface area contributed by atoms with Gasteiger partial charge in [0, 0.05) is 18.0 Å². The van der Waals surface area contributed by atoms with E-state index in [-0.39, 0.29) is 0 Å². The highest BCUT2D eigenvalue weighted by atomic mass is 14.9. The lowest BCUT2D eigenvalue weighted by Crippen LogP contribution is -1.96. The van der Waals surface area contributed by atoms with Crippen molar-refractivity contribution < 1.29 is 0 Å². The van der Waals surface area contributed by atoms with Gasteiger partial charge in [-0.15, -0.1) is 0 Å². The van der Waals surface area contributed by atoms with Crippen molar-refractivity contribution in [2.24, 2.45) is 0 Å². The first-order valence-electron chi connectivity index (χ1n) is 6.57. The summed E-state index contributed by atoms with van der Waals surface area (Å²) in [7, 11) is 0. The number of aryl methyl sites for hydroxylation is 2. The standard InChI is InChI=1S/C17H15N3/c1-12-6-3-4-7-14(12)15-9-8-13(2)16(20-15)17-18-10-5-11-19-17/h3-11H,1-2H3. The second kappa shape index (κ2) is 5.21. The molecule has 0 N–H and O–H groups in total. The van der Waals surface area contributed by atoms with Crippen LogP contribution < -0.4 is 0 Å². The van der Waals surface area contributed by atoms with Gasteiger partial charge in [-0.2, -0.15) is 0 Å². The number of hydrogen-bond donors (Lipinski definition) is 0. The maximum atomic E-state index is 4.75. The zero-order valence-corrected chi connectivity index (χ0v) is 11.5. The smallest absolute Gasteiger partial charge is 0.178 e. The van der Waals surface area contributed by atoms with Gasteiger partial charge in [-0.05, 0) is 37.1 Å². The Labute approximate surface area is 118 Å². The summed E-state index contributed by atoms with van der Waals surface area (Å²) in [6, 6.07) is 14.2. The maximum Gasteiger partial charge on any atom is 0.178 e. The third-order valence-corrected chi connectivity index (χ3v) is 3.30. The molecule has 2 aromatic heterocycles. The summed E-state index contributed by atoms with van der Waals surface area (Å²) in [6.45, 7) is 4.12. The molecular formula is C17H15N3. The van der Waals surface area contributed by atoms with Gasteiger partial charge in [0.05, 0.1) is 5.69 Å². The van der Waals surface area contributed by atoms with Crippen LogP contribution in [-0.2, 0) is 0 Å². The van der Waals surface area contributed by atoms with Crippen molar-refractivity contribution in [1.29, 1.82) is 0 Å². The van der Waals surface area contributed by atoms with E-state index in [1.54, 1.807) is 12.4 Å². The highest BCUT2D eigenvalue weighted by molar-refractivity contribution is 5.67. The fourth-order valence-corrected chi connectivity index (χ4v) is 2.19. The number of hydrogen-bond acceptors (Lipinski definition) is 3. The third kappa shape index (κ3) is 2.30. The molecule has 0 spiro atoms. The Bertz CT molecular complexity index is 736. The summed E-state index contributed by atoms with van der Waals surface area (Å²) in [5.41, 5.74) is 5.23. The van der Waals surface area contributed by atoms with E-state index < -0.39 is 0 Å². The minimum atomic E-state index is 0.667. The van der Waals surface area contributed by atoms with Crippen molar-refractivity contribution in [2.45, 2.75) is 13.8 Å². The van der Waals surface area contributed by atoms with Crippen LogP contribution in [0, 0.1) is 13.8 Å².